The number of hydrogen-bond acceptors (Lipinski definition) is 5. The molecule has 0 spiro atoms. The van der Waals surface area contributed by atoms with Crippen molar-refractivity contribution in [2.45, 2.75) is 6.92 Å². The zero-order valence-corrected chi connectivity index (χ0v) is 11.3. The van der Waals surface area contributed by atoms with Crippen LogP contribution in [0, 0.1) is 0 Å². The number of nitrogens with zero attached hydrogens (tertiary/aromatic N) is 2. The van der Waals surface area contributed by atoms with Crippen molar-refractivity contribution in [3.05, 3.63) is 18.2 Å². The summed E-state index contributed by atoms with van der Waals surface area (Å²) in [4.78, 5) is 17.7. The lowest BCUT2D eigenvalue weighted by molar-refractivity contribution is -0.127. The summed E-state index contributed by atoms with van der Waals surface area (Å²) in [7, 11) is 1.78. The van der Waals surface area contributed by atoms with Crippen LogP contribution < -0.4 is 11.1 Å². The molecule has 1 aromatic carbocycles. The second-order valence-electron chi connectivity index (χ2n) is 4.01. The number of carbonyl (C=O) groups excluding carboxylic acids is 1. The van der Waals surface area contributed by atoms with Gasteiger partial charge >= 0.3 is 0 Å². The van der Waals surface area contributed by atoms with Crippen LogP contribution in [0.25, 0.3) is 10.2 Å². The number of nitrogens with one attached hydrogen (secondary N) is 1. The van der Waals surface area contributed by atoms with E-state index in [0.717, 1.165) is 21.0 Å². The molecule has 0 saturated carbocycles. The molecule has 0 unspecified atom stereocenters. The van der Waals surface area contributed by atoms with E-state index in [1.54, 1.807) is 11.9 Å². The average molecular weight is 264 g/mol. The number of amides is 1. The third-order valence-electron chi connectivity index (χ3n) is 2.70. The number of fused-ring (bicyclic) bond motifs is 1. The lowest BCUT2D eigenvalue weighted by atomic mass is 10.3. The fourth-order valence-corrected chi connectivity index (χ4v) is 2.39. The fourth-order valence-electron chi connectivity index (χ4n) is 1.48. The van der Waals surface area contributed by atoms with Crippen LogP contribution >= 0.6 is 11.3 Å². The van der Waals surface area contributed by atoms with Gasteiger partial charge in [0.2, 0.25) is 5.91 Å². The maximum Gasteiger partial charge on any atom is 0.241 e. The van der Waals surface area contributed by atoms with Crippen LogP contribution in [0.15, 0.2) is 18.2 Å². The van der Waals surface area contributed by atoms with Gasteiger partial charge in [-0.15, -0.1) is 0 Å². The van der Waals surface area contributed by atoms with Crippen LogP contribution in [0.1, 0.15) is 6.92 Å². The first-order valence-electron chi connectivity index (χ1n) is 5.74. The van der Waals surface area contributed by atoms with Gasteiger partial charge in [0.1, 0.15) is 0 Å². The van der Waals surface area contributed by atoms with Crippen LogP contribution in [0.3, 0.4) is 0 Å². The van der Waals surface area contributed by atoms with Gasteiger partial charge in [0.15, 0.2) is 5.13 Å². The number of likely N-dealkylation sites (N-methyl/N-ethyl adjacent to an activating group) is 1. The van der Waals surface area contributed by atoms with Gasteiger partial charge in [-0.2, -0.15) is 0 Å². The molecule has 1 heterocycles. The van der Waals surface area contributed by atoms with Crippen molar-refractivity contribution in [3.8, 4) is 0 Å². The number of anilines is 2. The van der Waals surface area contributed by atoms with E-state index in [1.807, 2.05) is 25.1 Å². The second kappa shape index (κ2) is 5.22. The van der Waals surface area contributed by atoms with Gasteiger partial charge < -0.3 is 16.0 Å². The van der Waals surface area contributed by atoms with Crippen LogP contribution in [-0.4, -0.2) is 35.9 Å². The Hall–Kier alpha value is -1.82. The molecule has 2 rings (SSSR count). The van der Waals surface area contributed by atoms with Crippen molar-refractivity contribution in [3.63, 3.8) is 0 Å². The summed E-state index contributed by atoms with van der Waals surface area (Å²) in [6.07, 6.45) is 0. The third kappa shape index (κ3) is 2.70. The number of nitrogens with two attached hydrogens (primary N) is 1. The van der Waals surface area contributed by atoms with Crippen molar-refractivity contribution in [1.82, 2.24) is 9.88 Å². The minimum atomic E-state index is 0.0521. The van der Waals surface area contributed by atoms with Gasteiger partial charge in [-0.25, -0.2) is 4.98 Å². The summed E-state index contributed by atoms with van der Waals surface area (Å²) in [6, 6.07) is 5.59. The molecule has 0 bridgehead atoms. The van der Waals surface area contributed by atoms with Gasteiger partial charge in [0, 0.05) is 19.3 Å². The maximum atomic E-state index is 11.6. The predicted octanol–water partition coefficient (Wildman–Crippen LogP) is 1.77. The Morgan fingerprint density at radius 2 is 2.33 bits per heavy atom. The van der Waals surface area contributed by atoms with E-state index in [-0.39, 0.29) is 12.5 Å². The summed E-state index contributed by atoms with van der Waals surface area (Å²) >= 11 is 1.50. The second-order valence-corrected chi connectivity index (χ2v) is 5.04. The van der Waals surface area contributed by atoms with E-state index in [0.29, 0.717) is 6.54 Å². The number of nitrogen functional groups attached to an aromatic ring is 1. The summed E-state index contributed by atoms with van der Waals surface area (Å²) in [5, 5.41) is 3.79. The Morgan fingerprint density at radius 3 is 3.06 bits per heavy atom. The number of benzene rings is 1. The van der Waals surface area contributed by atoms with E-state index in [1.165, 1.54) is 11.3 Å². The first kappa shape index (κ1) is 12.6. The molecule has 2 aromatic rings. The molecule has 6 heteroatoms. The van der Waals surface area contributed by atoms with Crippen molar-refractivity contribution in [1.29, 1.82) is 0 Å². The Morgan fingerprint density at radius 1 is 1.56 bits per heavy atom. The van der Waals surface area contributed by atoms with Gasteiger partial charge in [0.05, 0.1) is 16.8 Å². The van der Waals surface area contributed by atoms with E-state index in [2.05, 4.69) is 10.3 Å². The number of hydrogen-bond donors (Lipinski definition) is 2. The van der Waals surface area contributed by atoms with Crippen molar-refractivity contribution in [2.75, 3.05) is 31.2 Å². The minimum absolute atomic E-state index is 0.0521. The van der Waals surface area contributed by atoms with Crippen LogP contribution in [0.4, 0.5) is 10.8 Å². The number of thiazole rings is 1. The van der Waals surface area contributed by atoms with Crippen LogP contribution in [-0.2, 0) is 4.79 Å². The topological polar surface area (TPSA) is 71.2 Å². The fraction of sp³-hybridized carbons (Fsp3) is 0.333. The molecular weight excluding hydrogens is 248 g/mol. The largest absolute Gasteiger partial charge is 0.399 e. The van der Waals surface area contributed by atoms with Gasteiger partial charge in [-0.05, 0) is 25.1 Å². The summed E-state index contributed by atoms with van der Waals surface area (Å²) in [5.41, 5.74) is 7.33. The lowest BCUT2D eigenvalue weighted by Crippen LogP contribution is -2.31. The van der Waals surface area contributed by atoms with Crippen LogP contribution in [0.2, 0.25) is 0 Å². The zero-order chi connectivity index (χ0) is 13.1. The molecule has 0 aliphatic carbocycles. The predicted molar refractivity (Wildman–Crippen MR) is 75.8 cm³/mol. The average Bonchev–Trinajstić information content (AvgIpc) is 2.76. The van der Waals surface area contributed by atoms with Crippen LogP contribution in [0.5, 0.6) is 0 Å². The summed E-state index contributed by atoms with van der Waals surface area (Å²) < 4.78 is 1.02. The summed E-state index contributed by atoms with van der Waals surface area (Å²) in [6.45, 7) is 2.91. The highest BCUT2D eigenvalue weighted by molar-refractivity contribution is 7.22. The normalized spacial score (nSPS) is 10.6. The Bertz CT molecular complexity index is 566. The van der Waals surface area contributed by atoms with E-state index >= 15 is 0 Å². The van der Waals surface area contributed by atoms with Gasteiger partial charge in [0.25, 0.3) is 0 Å². The Balaban J connectivity index is 2.06. The molecule has 18 heavy (non-hydrogen) atoms. The molecule has 0 aliphatic heterocycles. The molecule has 96 valence electrons. The van der Waals surface area contributed by atoms with Crippen molar-refractivity contribution >= 4 is 38.3 Å². The van der Waals surface area contributed by atoms with Gasteiger partial charge in [-0.1, -0.05) is 11.3 Å². The van der Waals surface area contributed by atoms with Crippen molar-refractivity contribution < 1.29 is 4.79 Å². The SMILES string of the molecule is CCN(C)C(=O)CNc1nc2ccc(N)cc2s1. The monoisotopic (exact) mass is 264 g/mol. The molecule has 0 atom stereocenters. The first-order chi connectivity index (χ1) is 8.60. The van der Waals surface area contributed by atoms with E-state index in [9.17, 15) is 4.79 Å². The zero-order valence-electron chi connectivity index (χ0n) is 10.4. The molecule has 5 nitrogen and oxygen atoms in total. The van der Waals surface area contributed by atoms with Gasteiger partial charge in [-0.3, -0.25) is 4.79 Å². The highest BCUT2D eigenvalue weighted by Gasteiger charge is 2.08. The van der Waals surface area contributed by atoms with E-state index < -0.39 is 0 Å². The first-order valence-corrected chi connectivity index (χ1v) is 6.55. The Kier molecular flexibility index (Phi) is 3.66. The molecule has 0 aliphatic rings. The molecule has 1 amide bonds. The standard InChI is InChI=1S/C12H16N4OS/c1-3-16(2)11(17)7-14-12-15-9-5-4-8(13)6-10(9)18-12/h4-6H,3,7,13H2,1-2H3,(H,14,15). The highest BCUT2D eigenvalue weighted by Crippen LogP contribution is 2.27. The molecule has 3 N–H and O–H groups in total. The molecular formula is C12H16N4OS. The van der Waals surface area contributed by atoms with E-state index in [4.69, 9.17) is 5.73 Å². The molecule has 0 fully saturated rings. The quantitative estimate of drug-likeness (QED) is 0.826. The van der Waals surface area contributed by atoms with Crippen molar-refractivity contribution in [2.24, 2.45) is 0 Å². The number of aromatic nitrogens is 1. The molecule has 1 aromatic heterocycles. The number of carbonyl (C=O) groups is 1. The Labute approximate surface area is 110 Å². The lowest BCUT2D eigenvalue weighted by Gasteiger charge is -2.14. The summed E-state index contributed by atoms with van der Waals surface area (Å²) in [5.74, 6) is 0.0521. The maximum absolute atomic E-state index is 11.6. The highest BCUT2D eigenvalue weighted by atomic mass is 32.1. The molecule has 0 radical (unpaired) electrons. The number of rotatable bonds is 4. The third-order valence-corrected chi connectivity index (χ3v) is 3.68. The smallest absolute Gasteiger partial charge is 0.241 e. The minimum Gasteiger partial charge on any atom is -0.399 e. The molecule has 0 saturated heterocycles.